The number of hydrogen-bond acceptors (Lipinski definition) is 3. The number of aryl methyl sites for hydroxylation is 2. The van der Waals surface area contributed by atoms with Gasteiger partial charge in [0.1, 0.15) is 5.76 Å². The molecule has 0 N–H and O–H groups in total. The van der Waals surface area contributed by atoms with Crippen molar-refractivity contribution >= 4 is 21.5 Å². The van der Waals surface area contributed by atoms with E-state index in [0.29, 0.717) is 0 Å². The Labute approximate surface area is 192 Å². The van der Waals surface area contributed by atoms with E-state index in [4.69, 9.17) is 4.52 Å². The lowest BCUT2D eigenvalue weighted by Gasteiger charge is -2.18. The van der Waals surface area contributed by atoms with Crippen molar-refractivity contribution in [2.24, 2.45) is 0 Å². The quantitative estimate of drug-likeness (QED) is 0.269. The molecule has 0 aliphatic rings. The molecule has 6 aromatic rings. The summed E-state index contributed by atoms with van der Waals surface area (Å²) in [6.07, 6.45) is 3.68. The maximum absolute atomic E-state index is 5.57. The third-order valence-corrected chi connectivity index (χ3v) is 6.38. The summed E-state index contributed by atoms with van der Waals surface area (Å²) in [6, 6.07) is 30.2. The molecule has 0 fully saturated rings. The lowest BCUT2D eigenvalue weighted by molar-refractivity contribution is 0.393. The molecule has 0 radical (unpaired) electrons. The number of rotatable bonds is 3. The molecular weight excluding hydrogens is 404 g/mol. The minimum atomic E-state index is 0.843. The van der Waals surface area contributed by atoms with Crippen molar-refractivity contribution in [3.63, 3.8) is 0 Å². The molecule has 6 rings (SSSR count). The first-order valence-electron chi connectivity index (χ1n) is 11.1. The van der Waals surface area contributed by atoms with Crippen molar-refractivity contribution in [2.75, 3.05) is 0 Å². The van der Waals surface area contributed by atoms with E-state index in [1.165, 1.54) is 43.8 Å². The smallest absolute Gasteiger partial charge is 0.141 e. The van der Waals surface area contributed by atoms with E-state index >= 15 is 0 Å². The molecule has 0 saturated carbocycles. The van der Waals surface area contributed by atoms with E-state index < -0.39 is 0 Å². The lowest BCUT2D eigenvalue weighted by Crippen LogP contribution is -1.92. The Morgan fingerprint density at radius 1 is 0.545 bits per heavy atom. The number of pyridine rings is 1. The van der Waals surface area contributed by atoms with E-state index in [1.807, 2.05) is 26.2 Å². The van der Waals surface area contributed by atoms with Crippen molar-refractivity contribution in [2.45, 2.75) is 13.8 Å². The van der Waals surface area contributed by atoms with Gasteiger partial charge < -0.3 is 4.52 Å². The Balaban J connectivity index is 1.73. The van der Waals surface area contributed by atoms with Gasteiger partial charge in [0, 0.05) is 23.5 Å². The fraction of sp³-hybridized carbons (Fsp3) is 0.0667. The van der Waals surface area contributed by atoms with Crippen LogP contribution in [0.4, 0.5) is 0 Å². The zero-order valence-corrected chi connectivity index (χ0v) is 18.5. The molecule has 3 nitrogen and oxygen atoms in total. The Bertz CT molecular complexity index is 1550. The second-order valence-electron chi connectivity index (χ2n) is 8.36. The number of nitrogens with zero attached hydrogens (tertiary/aromatic N) is 2. The summed E-state index contributed by atoms with van der Waals surface area (Å²) in [5.41, 5.74) is 7.96. The Morgan fingerprint density at radius 3 is 1.70 bits per heavy atom. The van der Waals surface area contributed by atoms with Crippen molar-refractivity contribution in [1.29, 1.82) is 0 Å². The van der Waals surface area contributed by atoms with E-state index in [0.717, 1.165) is 22.6 Å². The van der Waals surface area contributed by atoms with Crippen molar-refractivity contribution in [3.8, 4) is 33.4 Å². The van der Waals surface area contributed by atoms with Gasteiger partial charge in [-0.1, -0.05) is 71.9 Å². The summed E-state index contributed by atoms with van der Waals surface area (Å²) in [4.78, 5) is 4.17. The van der Waals surface area contributed by atoms with Crippen LogP contribution < -0.4 is 0 Å². The first-order valence-corrected chi connectivity index (χ1v) is 11.1. The second-order valence-corrected chi connectivity index (χ2v) is 8.36. The predicted molar refractivity (Wildman–Crippen MR) is 135 cm³/mol. The molecule has 2 heterocycles. The number of aromatic nitrogens is 2. The molecule has 0 spiro atoms. The molecule has 33 heavy (non-hydrogen) atoms. The van der Waals surface area contributed by atoms with Gasteiger partial charge in [0.05, 0.1) is 5.69 Å². The van der Waals surface area contributed by atoms with Gasteiger partial charge >= 0.3 is 0 Å². The van der Waals surface area contributed by atoms with Crippen LogP contribution in [-0.4, -0.2) is 10.1 Å². The molecule has 0 aliphatic carbocycles. The fourth-order valence-electron chi connectivity index (χ4n) is 4.95. The maximum atomic E-state index is 5.57. The van der Waals surface area contributed by atoms with E-state index in [9.17, 15) is 0 Å². The molecule has 3 heteroatoms. The van der Waals surface area contributed by atoms with Crippen molar-refractivity contribution in [1.82, 2.24) is 10.1 Å². The van der Waals surface area contributed by atoms with Crippen LogP contribution in [0.5, 0.6) is 0 Å². The summed E-state index contributed by atoms with van der Waals surface area (Å²) in [6.45, 7) is 4.01. The molecule has 4 aromatic carbocycles. The van der Waals surface area contributed by atoms with Crippen LogP contribution in [0.25, 0.3) is 54.9 Å². The Morgan fingerprint density at radius 2 is 1.12 bits per heavy atom. The third-order valence-electron chi connectivity index (χ3n) is 6.38. The average Bonchev–Trinajstić information content (AvgIpc) is 3.20. The molecule has 0 aliphatic heterocycles. The van der Waals surface area contributed by atoms with Gasteiger partial charge in [-0.2, -0.15) is 0 Å². The van der Waals surface area contributed by atoms with Gasteiger partial charge in [0.2, 0.25) is 0 Å². The van der Waals surface area contributed by atoms with Crippen LogP contribution in [0, 0.1) is 13.8 Å². The monoisotopic (exact) mass is 426 g/mol. The van der Waals surface area contributed by atoms with E-state index in [-0.39, 0.29) is 0 Å². The van der Waals surface area contributed by atoms with Crippen LogP contribution in [-0.2, 0) is 0 Å². The second kappa shape index (κ2) is 7.72. The van der Waals surface area contributed by atoms with Gasteiger partial charge in [0.25, 0.3) is 0 Å². The van der Waals surface area contributed by atoms with E-state index in [1.54, 1.807) is 0 Å². The highest BCUT2D eigenvalue weighted by molar-refractivity contribution is 6.21. The van der Waals surface area contributed by atoms with Gasteiger partial charge in [0.15, 0.2) is 0 Å². The Hall–Kier alpha value is -4.24. The van der Waals surface area contributed by atoms with Gasteiger partial charge in [-0.3, -0.25) is 4.98 Å². The number of benzene rings is 4. The van der Waals surface area contributed by atoms with Crippen LogP contribution in [0.15, 0.2) is 102 Å². The van der Waals surface area contributed by atoms with Crippen molar-refractivity contribution in [3.05, 3.63) is 109 Å². The first-order chi connectivity index (χ1) is 16.2. The molecule has 158 valence electrons. The summed E-state index contributed by atoms with van der Waals surface area (Å²) in [5.74, 6) is 0.843. The third kappa shape index (κ3) is 3.13. The highest BCUT2D eigenvalue weighted by Crippen LogP contribution is 2.45. The molecule has 0 amide bonds. The summed E-state index contributed by atoms with van der Waals surface area (Å²) in [5, 5.41) is 9.10. The molecular formula is C30H22N2O. The molecule has 0 atom stereocenters. The van der Waals surface area contributed by atoms with E-state index in [2.05, 4.69) is 95.1 Å². The average molecular weight is 427 g/mol. The van der Waals surface area contributed by atoms with Crippen LogP contribution in [0.2, 0.25) is 0 Å². The molecule has 0 saturated heterocycles. The highest BCUT2D eigenvalue weighted by Gasteiger charge is 2.21. The normalized spacial score (nSPS) is 11.3. The zero-order valence-electron chi connectivity index (χ0n) is 18.5. The highest BCUT2D eigenvalue weighted by atomic mass is 16.5. The lowest BCUT2D eigenvalue weighted by atomic mass is 9.85. The van der Waals surface area contributed by atoms with Crippen LogP contribution in [0.3, 0.4) is 0 Å². The Kier molecular flexibility index (Phi) is 4.55. The van der Waals surface area contributed by atoms with Gasteiger partial charge in [-0.05, 0) is 75.8 Å². The largest absolute Gasteiger partial charge is 0.361 e. The predicted octanol–water partition coefficient (Wildman–Crippen LogP) is 7.99. The summed E-state index contributed by atoms with van der Waals surface area (Å²) in [7, 11) is 0. The maximum Gasteiger partial charge on any atom is 0.141 e. The van der Waals surface area contributed by atoms with Crippen molar-refractivity contribution < 1.29 is 4.52 Å². The summed E-state index contributed by atoms with van der Waals surface area (Å²) < 4.78 is 5.57. The van der Waals surface area contributed by atoms with Crippen LogP contribution in [0.1, 0.15) is 11.5 Å². The zero-order chi connectivity index (χ0) is 22.4. The van der Waals surface area contributed by atoms with Gasteiger partial charge in [-0.25, -0.2) is 0 Å². The molecule has 2 aromatic heterocycles. The number of fused-ring (bicyclic) bond motifs is 2. The minimum absolute atomic E-state index is 0.843. The standard InChI is InChI=1S/C30H22N2O/c1-19-28(20(2)33-32-19)30-26-12-5-3-10-24(26)29(25-11-4-6-13-27(25)30)23-9-7-8-22(18-23)21-14-16-31-17-15-21/h3-18H,1-2H3. The summed E-state index contributed by atoms with van der Waals surface area (Å²) >= 11 is 0. The fourth-order valence-corrected chi connectivity index (χ4v) is 4.95. The molecule has 0 unspecified atom stereocenters. The van der Waals surface area contributed by atoms with Crippen LogP contribution >= 0.6 is 0 Å². The topological polar surface area (TPSA) is 38.9 Å². The molecule has 0 bridgehead atoms. The van der Waals surface area contributed by atoms with Gasteiger partial charge in [-0.15, -0.1) is 0 Å². The minimum Gasteiger partial charge on any atom is -0.361 e. The SMILES string of the molecule is Cc1noc(C)c1-c1c2ccccc2c(-c2cccc(-c3ccncc3)c2)c2ccccc12. The number of hydrogen-bond donors (Lipinski definition) is 0. The first kappa shape index (κ1) is 19.4.